The molecule has 4 heteroatoms. The zero-order valence-electron chi connectivity index (χ0n) is 11.7. The molecule has 0 radical (unpaired) electrons. The van der Waals surface area contributed by atoms with Crippen LogP contribution in [0.15, 0.2) is 60.5 Å². The van der Waals surface area contributed by atoms with Gasteiger partial charge in [-0.1, -0.05) is 13.2 Å². The molecule has 0 fully saturated rings. The molecule has 1 aliphatic heterocycles. The van der Waals surface area contributed by atoms with E-state index in [0.717, 1.165) is 44.6 Å². The summed E-state index contributed by atoms with van der Waals surface area (Å²) in [5, 5.41) is 4.47. The number of aromatic nitrogens is 2. The molecule has 3 aromatic rings. The lowest BCUT2D eigenvalue weighted by molar-refractivity contribution is 1.01. The molecule has 0 saturated heterocycles. The van der Waals surface area contributed by atoms with E-state index in [4.69, 9.17) is 0 Å². The van der Waals surface area contributed by atoms with E-state index < -0.39 is 0 Å². The molecule has 3 heterocycles. The number of aryl methyl sites for hydroxylation is 1. The molecule has 4 nitrogen and oxygen atoms in total. The third-order valence-electron chi connectivity index (χ3n) is 3.97. The van der Waals surface area contributed by atoms with Crippen molar-refractivity contribution in [2.75, 3.05) is 5.32 Å². The zero-order chi connectivity index (χ0) is 14.6. The van der Waals surface area contributed by atoms with E-state index in [0.29, 0.717) is 0 Å². The predicted molar refractivity (Wildman–Crippen MR) is 87.7 cm³/mol. The first-order chi connectivity index (χ1) is 10.2. The number of hydrogen-bond donors (Lipinski definition) is 1. The maximum absolute atomic E-state index is 4.55. The fraction of sp³-hybridized carbons (Fsp3) is 0.0588. The van der Waals surface area contributed by atoms with Gasteiger partial charge in [0.15, 0.2) is 0 Å². The Hall–Kier alpha value is -2.88. The lowest BCUT2D eigenvalue weighted by Crippen LogP contribution is -1.98. The maximum Gasteiger partial charge on any atom is 0.0980 e. The van der Waals surface area contributed by atoms with Crippen LogP contribution in [0.3, 0.4) is 0 Å². The molecular formula is C17H14N4. The normalized spacial score (nSPS) is 15.7. The summed E-state index contributed by atoms with van der Waals surface area (Å²) in [7, 11) is 2.06. The van der Waals surface area contributed by atoms with Gasteiger partial charge in [-0.25, -0.2) is 0 Å². The number of nitrogens with one attached hydrogen (secondary N) is 1. The predicted octanol–water partition coefficient (Wildman–Crippen LogP) is 3.60. The van der Waals surface area contributed by atoms with Crippen molar-refractivity contribution >= 4 is 33.3 Å². The van der Waals surface area contributed by atoms with Gasteiger partial charge in [-0.3, -0.25) is 9.98 Å². The van der Waals surface area contributed by atoms with Crippen molar-refractivity contribution in [1.29, 1.82) is 0 Å². The SMILES string of the molecule is C=CN=C1C(=C)Nc2c1ccc1c2c2ncccc2n1C. The first kappa shape index (κ1) is 11.9. The summed E-state index contributed by atoms with van der Waals surface area (Å²) in [4.78, 5) is 8.88. The van der Waals surface area contributed by atoms with Crippen LogP contribution in [-0.2, 0) is 7.05 Å². The van der Waals surface area contributed by atoms with Gasteiger partial charge in [-0.2, -0.15) is 0 Å². The van der Waals surface area contributed by atoms with Gasteiger partial charge in [0.1, 0.15) is 0 Å². The minimum atomic E-state index is 0.797. The fourth-order valence-corrected chi connectivity index (χ4v) is 3.04. The Morgan fingerprint density at radius 1 is 1.29 bits per heavy atom. The van der Waals surface area contributed by atoms with Crippen LogP contribution >= 0.6 is 0 Å². The van der Waals surface area contributed by atoms with Gasteiger partial charge in [0.05, 0.1) is 39.0 Å². The largest absolute Gasteiger partial charge is 0.353 e. The summed E-state index contributed by atoms with van der Waals surface area (Å²) in [6.07, 6.45) is 3.37. The number of hydrogen-bond acceptors (Lipinski definition) is 3. The second-order valence-electron chi connectivity index (χ2n) is 5.08. The standard InChI is InChI=1S/C17H14N4/c1-4-18-15-10(2)20-16-11(15)7-8-12-14(16)17-13(21(12)3)6-5-9-19-17/h4-9,20H,1-2H2,3H3. The topological polar surface area (TPSA) is 42.2 Å². The molecule has 0 aliphatic carbocycles. The average molecular weight is 274 g/mol. The van der Waals surface area contributed by atoms with E-state index >= 15 is 0 Å². The second kappa shape index (κ2) is 4.06. The molecular weight excluding hydrogens is 260 g/mol. The van der Waals surface area contributed by atoms with Crippen molar-refractivity contribution in [3.63, 3.8) is 0 Å². The minimum absolute atomic E-state index is 0.797. The van der Waals surface area contributed by atoms with Gasteiger partial charge in [-0.15, -0.1) is 0 Å². The van der Waals surface area contributed by atoms with Crippen LogP contribution < -0.4 is 5.32 Å². The van der Waals surface area contributed by atoms with Crippen molar-refractivity contribution in [2.45, 2.75) is 0 Å². The molecule has 0 amide bonds. The van der Waals surface area contributed by atoms with Gasteiger partial charge in [0.2, 0.25) is 0 Å². The minimum Gasteiger partial charge on any atom is -0.353 e. The van der Waals surface area contributed by atoms with Crippen LogP contribution in [0.25, 0.3) is 21.9 Å². The summed E-state index contributed by atoms with van der Waals surface area (Å²) in [6.45, 7) is 7.72. The lowest BCUT2D eigenvalue weighted by Gasteiger charge is -2.02. The van der Waals surface area contributed by atoms with E-state index in [1.165, 1.54) is 0 Å². The van der Waals surface area contributed by atoms with Crippen LogP contribution in [0.2, 0.25) is 0 Å². The molecule has 102 valence electrons. The van der Waals surface area contributed by atoms with E-state index in [2.05, 4.69) is 58.3 Å². The first-order valence-corrected chi connectivity index (χ1v) is 6.74. The Labute approximate surface area is 122 Å². The van der Waals surface area contributed by atoms with Crippen molar-refractivity contribution in [3.8, 4) is 0 Å². The molecule has 0 unspecified atom stereocenters. The molecule has 0 saturated carbocycles. The molecule has 1 aliphatic rings. The monoisotopic (exact) mass is 274 g/mol. The summed E-state index contributed by atoms with van der Waals surface area (Å²) in [6, 6.07) is 8.22. The van der Waals surface area contributed by atoms with E-state index in [1.54, 1.807) is 6.20 Å². The van der Waals surface area contributed by atoms with Gasteiger partial charge < -0.3 is 9.88 Å². The van der Waals surface area contributed by atoms with Crippen molar-refractivity contribution < 1.29 is 0 Å². The number of pyridine rings is 1. The molecule has 1 aromatic carbocycles. The number of aliphatic imine (C=N–C) groups is 1. The number of fused-ring (bicyclic) bond motifs is 5. The smallest absolute Gasteiger partial charge is 0.0980 e. The summed E-state index contributed by atoms with van der Waals surface area (Å²) < 4.78 is 2.16. The molecule has 0 bridgehead atoms. The van der Waals surface area contributed by atoms with Gasteiger partial charge in [-0.05, 0) is 24.3 Å². The highest BCUT2D eigenvalue weighted by atomic mass is 15.0. The molecule has 0 spiro atoms. The highest BCUT2D eigenvalue weighted by Crippen LogP contribution is 2.39. The highest BCUT2D eigenvalue weighted by Gasteiger charge is 2.25. The lowest BCUT2D eigenvalue weighted by atomic mass is 10.1. The molecule has 2 aromatic heterocycles. The zero-order valence-corrected chi connectivity index (χ0v) is 11.7. The Morgan fingerprint density at radius 3 is 2.95 bits per heavy atom. The third-order valence-corrected chi connectivity index (χ3v) is 3.97. The van der Waals surface area contributed by atoms with Crippen LogP contribution in [-0.4, -0.2) is 15.3 Å². The van der Waals surface area contributed by atoms with Crippen molar-refractivity contribution in [1.82, 2.24) is 9.55 Å². The van der Waals surface area contributed by atoms with E-state index in [9.17, 15) is 0 Å². The van der Waals surface area contributed by atoms with Gasteiger partial charge in [0, 0.05) is 25.0 Å². The Kier molecular flexibility index (Phi) is 2.30. The van der Waals surface area contributed by atoms with E-state index in [1.807, 2.05) is 12.3 Å². The molecule has 4 rings (SSSR count). The van der Waals surface area contributed by atoms with Gasteiger partial charge in [0.25, 0.3) is 0 Å². The Morgan fingerprint density at radius 2 is 2.14 bits per heavy atom. The second-order valence-corrected chi connectivity index (χ2v) is 5.08. The number of benzene rings is 1. The van der Waals surface area contributed by atoms with E-state index in [-0.39, 0.29) is 0 Å². The number of nitrogens with zero attached hydrogens (tertiary/aromatic N) is 3. The fourth-order valence-electron chi connectivity index (χ4n) is 3.04. The third kappa shape index (κ3) is 1.44. The van der Waals surface area contributed by atoms with Gasteiger partial charge >= 0.3 is 0 Å². The van der Waals surface area contributed by atoms with Crippen LogP contribution in [0.5, 0.6) is 0 Å². The number of allylic oxidation sites excluding steroid dienone is 1. The maximum atomic E-state index is 4.55. The molecule has 21 heavy (non-hydrogen) atoms. The number of anilines is 1. The number of rotatable bonds is 1. The molecule has 1 N–H and O–H groups in total. The highest BCUT2D eigenvalue weighted by molar-refractivity contribution is 6.28. The Bertz CT molecular complexity index is 960. The summed E-state index contributed by atoms with van der Waals surface area (Å²) in [5.41, 5.74) is 6.96. The average Bonchev–Trinajstić information content (AvgIpc) is 2.97. The van der Waals surface area contributed by atoms with Crippen molar-refractivity contribution in [2.24, 2.45) is 12.0 Å². The van der Waals surface area contributed by atoms with Crippen LogP contribution in [0, 0.1) is 0 Å². The summed E-state index contributed by atoms with van der Waals surface area (Å²) in [5.74, 6) is 0. The van der Waals surface area contributed by atoms with Crippen molar-refractivity contribution in [3.05, 3.63) is 61.1 Å². The first-order valence-electron chi connectivity index (χ1n) is 6.74. The molecule has 0 atom stereocenters. The summed E-state index contributed by atoms with van der Waals surface area (Å²) >= 11 is 0. The Balaban J connectivity index is 2.19. The van der Waals surface area contributed by atoms with Crippen LogP contribution in [0.4, 0.5) is 5.69 Å². The van der Waals surface area contributed by atoms with Crippen LogP contribution in [0.1, 0.15) is 5.56 Å². The quantitative estimate of drug-likeness (QED) is 0.736.